The fraction of sp³-hybridized carbons (Fsp3) is 0.0323. The molecule has 6 aromatic carbocycles. The molecule has 1 N–H and O–H groups in total. The first-order valence-corrected chi connectivity index (χ1v) is 11.2. The number of fused-ring (bicyclic) bond motifs is 4. The van der Waals surface area contributed by atoms with Crippen LogP contribution in [-0.4, -0.2) is 5.11 Å². The van der Waals surface area contributed by atoms with Crippen molar-refractivity contribution in [2.75, 3.05) is 4.90 Å². The molecule has 0 aliphatic heterocycles. The zero-order chi connectivity index (χ0) is 22.2. The Morgan fingerprint density at radius 3 is 1.88 bits per heavy atom. The Balaban J connectivity index is 1.60. The van der Waals surface area contributed by atoms with Gasteiger partial charge in [0.05, 0.1) is 12.3 Å². The molecule has 0 saturated heterocycles. The molecular weight excluding hydrogens is 402 g/mol. The number of benzene rings is 6. The van der Waals surface area contributed by atoms with Crippen molar-refractivity contribution in [2.24, 2.45) is 0 Å². The van der Waals surface area contributed by atoms with Crippen molar-refractivity contribution in [3.8, 4) is 0 Å². The van der Waals surface area contributed by atoms with Crippen molar-refractivity contribution in [1.82, 2.24) is 0 Å². The average molecular weight is 426 g/mol. The zero-order valence-electron chi connectivity index (χ0n) is 18.1. The fourth-order valence-electron chi connectivity index (χ4n) is 4.72. The highest BCUT2D eigenvalue weighted by Crippen LogP contribution is 2.40. The van der Waals surface area contributed by atoms with Crippen LogP contribution in [0.3, 0.4) is 0 Å². The molecule has 0 unspecified atom stereocenters. The lowest BCUT2D eigenvalue weighted by Gasteiger charge is -2.27. The highest BCUT2D eigenvalue weighted by Gasteiger charge is 2.16. The van der Waals surface area contributed by atoms with Crippen LogP contribution in [0.2, 0.25) is 0 Å². The molecule has 6 rings (SSSR count). The van der Waals surface area contributed by atoms with E-state index in [1.165, 1.54) is 32.3 Å². The smallest absolute Gasteiger partial charge is 0.0681 e. The van der Waals surface area contributed by atoms with E-state index in [4.69, 9.17) is 0 Å². The van der Waals surface area contributed by atoms with Crippen molar-refractivity contribution in [3.63, 3.8) is 0 Å². The van der Waals surface area contributed by atoms with Gasteiger partial charge in [0.15, 0.2) is 0 Å². The van der Waals surface area contributed by atoms with E-state index in [1.807, 2.05) is 12.1 Å². The van der Waals surface area contributed by atoms with Crippen LogP contribution < -0.4 is 4.90 Å². The second-order valence-corrected chi connectivity index (χ2v) is 8.35. The third-order valence-electron chi connectivity index (χ3n) is 6.37. The topological polar surface area (TPSA) is 23.5 Å². The number of hydrogen-bond donors (Lipinski definition) is 1. The maximum atomic E-state index is 9.53. The van der Waals surface area contributed by atoms with Crippen molar-refractivity contribution in [2.45, 2.75) is 6.61 Å². The monoisotopic (exact) mass is 425 g/mol. The number of nitrogens with zero attached hydrogens (tertiary/aromatic N) is 1. The lowest BCUT2D eigenvalue weighted by molar-refractivity contribution is 0.282. The highest BCUT2D eigenvalue weighted by molar-refractivity contribution is 6.09. The lowest BCUT2D eigenvalue weighted by atomic mass is 10.0. The molecule has 0 heterocycles. The molecule has 0 fully saturated rings. The molecule has 0 saturated carbocycles. The molecule has 0 bridgehead atoms. The van der Waals surface area contributed by atoms with Gasteiger partial charge in [0.2, 0.25) is 0 Å². The summed E-state index contributed by atoms with van der Waals surface area (Å²) in [5, 5.41) is 16.9. The highest BCUT2D eigenvalue weighted by atomic mass is 16.3. The SMILES string of the molecule is OCc1ccc(N(c2ccc3c(ccc4ccccc43)c2)c2cccc3ccccc23)cc1. The summed E-state index contributed by atoms with van der Waals surface area (Å²) >= 11 is 0. The summed E-state index contributed by atoms with van der Waals surface area (Å²) in [7, 11) is 0. The third-order valence-corrected chi connectivity index (χ3v) is 6.37. The van der Waals surface area contributed by atoms with Crippen LogP contribution in [-0.2, 0) is 6.61 Å². The van der Waals surface area contributed by atoms with Crippen LogP contribution in [0.25, 0.3) is 32.3 Å². The largest absolute Gasteiger partial charge is 0.392 e. The number of aliphatic hydroxyl groups is 1. The van der Waals surface area contributed by atoms with Gasteiger partial charge in [-0.15, -0.1) is 0 Å². The van der Waals surface area contributed by atoms with Crippen LogP contribution >= 0.6 is 0 Å². The minimum Gasteiger partial charge on any atom is -0.392 e. The van der Waals surface area contributed by atoms with Crippen molar-refractivity contribution in [3.05, 3.63) is 127 Å². The van der Waals surface area contributed by atoms with Crippen molar-refractivity contribution in [1.29, 1.82) is 0 Å². The summed E-state index contributed by atoms with van der Waals surface area (Å²) in [6.07, 6.45) is 0. The maximum Gasteiger partial charge on any atom is 0.0681 e. The van der Waals surface area contributed by atoms with Gasteiger partial charge in [-0.05, 0) is 62.8 Å². The Morgan fingerprint density at radius 2 is 1.09 bits per heavy atom. The van der Waals surface area contributed by atoms with Crippen LogP contribution in [0.4, 0.5) is 17.1 Å². The number of anilines is 3. The molecule has 0 radical (unpaired) electrons. The second kappa shape index (κ2) is 8.09. The first kappa shape index (κ1) is 19.5. The van der Waals surface area contributed by atoms with E-state index >= 15 is 0 Å². The van der Waals surface area contributed by atoms with E-state index in [0.29, 0.717) is 0 Å². The van der Waals surface area contributed by atoms with Crippen LogP contribution in [0, 0.1) is 0 Å². The summed E-state index contributed by atoms with van der Waals surface area (Å²) in [6.45, 7) is 0.0393. The molecule has 0 spiro atoms. The summed E-state index contributed by atoms with van der Waals surface area (Å²) in [5.41, 5.74) is 4.20. The number of hydrogen-bond acceptors (Lipinski definition) is 2. The van der Waals surface area contributed by atoms with Gasteiger partial charge in [-0.25, -0.2) is 0 Å². The first-order valence-electron chi connectivity index (χ1n) is 11.2. The summed E-state index contributed by atoms with van der Waals surface area (Å²) in [6, 6.07) is 42.7. The standard InChI is InChI=1S/C31H23NO/c33-21-22-12-16-26(17-13-22)32(31-11-5-8-23-6-2-4-10-30(23)31)27-18-19-29-25(20-27)15-14-24-7-1-3-9-28(24)29/h1-20,33H,21H2. The molecule has 33 heavy (non-hydrogen) atoms. The third kappa shape index (κ3) is 3.42. The molecule has 2 heteroatoms. The van der Waals surface area contributed by atoms with E-state index in [9.17, 15) is 5.11 Å². The summed E-state index contributed by atoms with van der Waals surface area (Å²) in [5.74, 6) is 0. The average Bonchev–Trinajstić information content (AvgIpc) is 2.89. The first-order chi connectivity index (χ1) is 16.3. The van der Waals surface area contributed by atoms with Crippen LogP contribution in [0.5, 0.6) is 0 Å². The molecule has 0 amide bonds. The maximum absolute atomic E-state index is 9.53. The van der Waals surface area contributed by atoms with Gasteiger partial charge >= 0.3 is 0 Å². The van der Waals surface area contributed by atoms with E-state index in [-0.39, 0.29) is 6.61 Å². The molecular formula is C31H23NO. The minimum absolute atomic E-state index is 0.0393. The summed E-state index contributed by atoms with van der Waals surface area (Å²) in [4.78, 5) is 2.30. The second-order valence-electron chi connectivity index (χ2n) is 8.35. The Labute approximate surface area is 193 Å². The van der Waals surface area contributed by atoms with Crippen molar-refractivity contribution >= 4 is 49.4 Å². The molecule has 0 aliphatic carbocycles. The molecule has 158 valence electrons. The Hall–Kier alpha value is -4.14. The molecule has 2 nitrogen and oxygen atoms in total. The van der Waals surface area contributed by atoms with Gasteiger partial charge in [0.25, 0.3) is 0 Å². The minimum atomic E-state index is 0.0393. The van der Waals surface area contributed by atoms with Gasteiger partial charge in [-0.1, -0.05) is 91.0 Å². The molecule has 0 aliphatic rings. The van der Waals surface area contributed by atoms with Crippen LogP contribution in [0.15, 0.2) is 121 Å². The van der Waals surface area contributed by atoms with E-state index < -0.39 is 0 Å². The predicted octanol–water partition coefficient (Wildman–Crippen LogP) is 8.11. The van der Waals surface area contributed by atoms with Gasteiger partial charge < -0.3 is 10.0 Å². The fourth-order valence-corrected chi connectivity index (χ4v) is 4.72. The number of aliphatic hydroxyl groups excluding tert-OH is 1. The van der Waals surface area contributed by atoms with Crippen LogP contribution in [0.1, 0.15) is 5.56 Å². The molecule has 6 aromatic rings. The van der Waals surface area contributed by atoms with Gasteiger partial charge in [-0.3, -0.25) is 0 Å². The van der Waals surface area contributed by atoms with E-state index in [2.05, 4.69) is 114 Å². The van der Waals surface area contributed by atoms with Gasteiger partial charge in [0.1, 0.15) is 0 Å². The zero-order valence-corrected chi connectivity index (χ0v) is 18.1. The summed E-state index contributed by atoms with van der Waals surface area (Å²) < 4.78 is 0. The molecule has 0 aromatic heterocycles. The van der Waals surface area contributed by atoms with E-state index in [1.54, 1.807) is 0 Å². The van der Waals surface area contributed by atoms with Gasteiger partial charge in [0, 0.05) is 16.8 Å². The van der Waals surface area contributed by atoms with E-state index in [0.717, 1.165) is 22.6 Å². The Morgan fingerprint density at radius 1 is 0.485 bits per heavy atom. The quantitative estimate of drug-likeness (QED) is 0.288. The Kier molecular flexibility index (Phi) is 4.79. The lowest BCUT2D eigenvalue weighted by Crippen LogP contribution is -2.10. The predicted molar refractivity (Wildman–Crippen MR) is 140 cm³/mol. The number of rotatable bonds is 4. The molecule has 0 atom stereocenters. The van der Waals surface area contributed by atoms with Crippen molar-refractivity contribution < 1.29 is 5.11 Å². The normalized spacial score (nSPS) is 11.3. The Bertz CT molecular complexity index is 1600. The van der Waals surface area contributed by atoms with Gasteiger partial charge in [-0.2, -0.15) is 0 Å².